The molecule has 0 saturated carbocycles. The van der Waals surface area contributed by atoms with E-state index in [-0.39, 0.29) is 11.9 Å². The summed E-state index contributed by atoms with van der Waals surface area (Å²) in [4.78, 5) is 33.5. The topological polar surface area (TPSA) is 56.3 Å². The standard InChI is InChI=1S/C21H30N4O3/c26-20(23-13-15-28-16-14-23)18-5-4-6-19(17-18)22-9-11-25(12-10-22)21(27)24-7-2-1-3-8-24/h4-6,17H,1-3,7-16H2. The summed E-state index contributed by atoms with van der Waals surface area (Å²) < 4.78 is 5.34. The molecule has 0 atom stereocenters. The van der Waals surface area contributed by atoms with E-state index in [2.05, 4.69) is 11.0 Å². The van der Waals surface area contributed by atoms with Gasteiger partial charge in [0.1, 0.15) is 0 Å². The molecule has 1 aromatic rings. The number of nitrogens with zero attached hydrogens (tertiary/aromatic N) is 4. The maximum atomic E-state index is 12.7. The number of ether oxygens (including phenoxy) is 1. The molecule has 0 bridgehead atoms. The van der Waals surface area contributed by atoms with E-state index in [0.717, 1.165) is 63.4 Å². The highest BCUT2D eigenvalue weighted by Gasteiger charge is 2.26. The molecule has 3 saturated heterocycles. The third kappa shape index (κ3) is 4.24. The molecule has 152 valence electrons. The zero-order valence-corrected chi connectivity index (χ0v) is 16.5. The lowest BCUT2D eigenvalue weighted by molar-refractivity contribution is 0.0303. The Labute approximate surface area is 166 Å². The minimum absolute atomic E-state index is 0.0732. The van der Waals surface area contributed by atoms with Gasteiger partial charge < -0.3 is 24.3 Å². The second-order valence-corrected chi connectivity index (χ2v) is 7.76. The maximum absolute atomic E-state index is 12.7. The number of morpholine rings is 1. The van der Waals surface area contributed by atoms with Crippen molar-refractivity contribution in [3.05, 3.63) is 29.8 Å². The molecular weight excluding hydrogens is 356 g/mol. The molecule has 3 amide bonds. The van der Waals surface area contributed by atoms with Crippen LogP contribution in [0.2, 0.25) is 0 Å². The van der Waals surface area contributed by atoms with Crippen molar-refractivity contribution in [1.82, 2.24) is 14.7 Å². The van der Waals surface area contributed by atoms with E-state index in [1.807, 2.05) is 32.9 Å². The van der Waals surface area contributed by atoms with Gasteiger partial charge in [0.05, 0.1) is 13.2 Å². The summed E-state index contributed by atoms with van der Waals surface area (Å²) in [6.07, 6.45) is 3.47. The Hall–Kier alpha value is -2.28. The Morgan fingerprint density at radius 3 is 2.14 bits per heavy atom. The highest BCUT2D eigenvalue weighted by atomic mass is 16.5. The summed E-state index contributed by atoms with van der Waals surface area (Å²) in [7, 11) is 0. The molecule has 0 radical (unpaired) electrons. The number of amides is 3. The number of carbonyl (C=O) groups excluding carboxylic acids is 2. The zero-order chi connectivity index (χ0) is 19.3. The van der Waals surface area contributed by atoms with E-state index < -0.39 is 0 Å². The summed E-state index contributed by atoms with van der Waals surface area (Å²) in [5.41, 5.74) is 1.79. The molecule has 0 aliphatic carbocycles. The molecule has 3 fully saturated rings. The normalized spacial score (nSPS) is 21.0. The lowest BCUT2D eigenvalue weighted by Gasteiger charge is -2.39. The van der Waals surface area contributed by atoms with Gasteiger partial charge in [-0.15, -0.1) is 0 Å². The van der Waals surface area contributed by atoms with Crippen LogP contribution < -0.4 is 4.90 Å². The average Bonchev–Trinajstić information content (AvgIpc) is 2.79. The van der Waals surface area contributed by atoms with E-state index >= 15 is 0 Å². The number of benzene rings is 1. The minimum Gasteiger partial charge on any atom is -0.378 e. The van der Waals surface area contributed by atoms with Crippen molar-refractivity contribution in [3.8, 4) is 0 Å². The molecular formula is C21H30N4O3. The summed E-state index contributed by atoms with van der Waals surface area (Å²) in [6.45, 7) is 7.38. The minimum atomic E-state index is 0.0732. The number of urea groups is 1. The van der Waals surface area contributed by atoms with Crippen LogP contribution in [-0.2, 0) is 4.74 Å². The fraction of sp³-hybridized carbons (Fsp3) is 0.619. The Bertz CT molecular complexity index is 691. The highest BCUT2D eigenvalue weighted by molar-refractivity contribution is 5.95. The van der Waals surface area contributed by atoms with Gasteiger partial charge in [-0.1, -0.05) is 6.07 Å². The molecule has 1 aromatic carbocycles. The predicted molar refractivity (Wildman–Crippen MR) is 108 cm³/mol. The van der Waals surface area contributed by atoms with Gasteiger partial charge in [0.15, 0.2) is 0 Å². The number of rotatable bonds is 2. The SMILES string of the molecule is O=C(c1cccc(N2CCN(C(=O)N3CCCCC3)CC2)c1)N1CCOCC1. The van der Waals surface area contributed by atoms with Crippen molar-refractivity contribution in [2.24, 2.45) is 0 Å². The average molecular weight is 386 g/mol. The van der Waals surface area contributed by atoms with Crippen LogP contribution in [0.5, 0.6) is 0 Å². The maximum Gasteiger partial charge on any atom is 0.320 e. The highest BCUT2D eigenvalue weighted by Crippen LogP contribution is 2.21. The smallest absolute Gasteiger partial charge is 0.320 e. The van der Waals surface area contributed by atoms with Gasteiger partial charge in [-0.2, -0.15) is 0 Å². The molecule has 7 nitrogen and oxygen atoms in total. The lowest BCUT2D eigenvalue weighted by Crippen LogP contribution is -2.53. The van der Waals surface area contributed by atoms with Gasteiger partial charge in [0.25, 0.3) is 5.91 Å². The third-order valence-electron chi connectivity index (χ3n) is 5.93. The number of hydrogen-bond donors (Lipinski definition) is 0. The Morgan fingerprint density at radius 2 is 1.43 bits per heavy atom. The van der Waals surface area contributed by atoms with E-state index in [9.17, 15) is 9.59 Å². The largest absolute Gasteiger partial charge is 0.378 e. The van der Waals surface area contributed by atoms with Crippen LogP contribution in [-0.4, -0.2) is 92.2 Å². The predicted octanol–water partition coefficient (Wildman–Crippen LogP) is 1.89. The van der Waals surface area contributed by atoms with Crippen LogP contribution >= 0.6 is 0 Å². The monoisotopic (exact) mass is 386 g/mol. The first-order valence-electron chi connectivity index (χ1n) is 10.5. The van der Waals surface area contributed by atoms with Crippen LogP contribution in [0.1, 0.15) is 29.6 Å². The summed E-state index contributed by atoms with van der Waals surface area (Å²) in [5.74, 6) is 0.0732. The van der Waals surface area contributed by atoms with Crippen LogP contribution in [0.15, 0.2) is 24.3 Å². The first kappa shape index (κ1) is 19.1. The number of hydrogen-bond acceptors (Lipinski definition) is 4. The Morgan fingerprint density at radius 1 is 0.750 bits per heavy atom. The number of likely N-dealkylation sites (tertiary alicyclic amines) is 1. The number of piperazine rings is 1. The molecule has 3 heterocycles. The summed E-state index contributed by atoms with van der Waals surface area (Å²) in [5, 5.41) is 0. The Kier molecular flexibility index (Phi) is 6.00. The van der Waals surface area contributed by atoms with Crippen LogP contribution in [0.3, 0.4) is 0 Å². The van der Waals surface area contributed by atoms with Gasteiger partial charge in [0, 0.05) is 63.6 Å². The molecule has 0 aromatic heterocycles. The van der Waals surface area contributed by atoms with E-state index in [1.54, 1.807) is 0 Å². The van der Waals surface area contributed by atoms with Crippen molar-refractivity contribution in [3.63, 3.8) is 0 Å². The van der Waals surface area contributed by atoms with Crippen molar-refractivity contribution in [1.29, 1.82) is 0 Å². The van der Waals surface area contributed by atoms with E-state index in [1.165, 1.54) is 6.42 Å². The van der Waals surface area contributed by atoms with Gasteiger partial charge in [0.2, 0.25) is 0 Å². The van der Waals surface area contributed by atoms with E-state index in [0.29, 0.717) is 26.3 Å². The van der Waals surface area contributed by atoms with Crippen molar-refractivity contribution in [2.45, 2.75) is 19.3 Å². The molecule has 3 aliphatic rings. The van der Waals surface area contributed by atoms with Crippen molar-refractivity contribution in [2.75, 3.05) is 70.5 Å². The summed E-state index contributed by atoms with van der Waals surface area (Å²) >= 11 is 0. The molecule has 3 aliphatic heterocycles. The number of carbonyl (C=O) groups is 2. The van der Waals surface area contributed by atoms with Gasteiger partial charge in [-0.3, -0.25) is 4.79 Å². The quantitative estimate of drug-likeness (QED) is 0.779. The second-order valence-electron chi connectivity index (χ2n) is 7.76. The first-order chi connectivity index (χ1) is 13.7. The van der Waals surface area contributed by atoms with Crippen molar-refractivity contribution >= 4 is 17.6 Å². The zero-order valence-electron chi connectivity index (χ0n) is 16.5. The van der Waals surface area contributed by atoms with Crippen LogP contribution in [0.4, 0.5) is 10.5 Å². The van der Waals surface area contributed by atoms with Crippen LogP contribution in [0.25, 0.3) is 0 Å². The van der Waals surface area contributed by atoms with Crippen molar-refractivity contribution < 1.29 is 14.3 Å². The molecule has 0 spiro atoms. The molecule has 4 rings (SSSR count). The number of anilines is 1. The number of piperidine rings is 1. The van der Waals surface area contributed by atoms with Crippen LogP contribution in [0, 0.1) is 0 Å². The third-order valence-corrected chi connectivity index (χ3v) is 5.93. The van der Waals surface area contributed by atoms with Gasteiger partial charge in [-0.05, 0) is 37.5 Å². The molecule has 0 N–H and O–H groups in total. The van der Waals surface area contributed by atoms with Gasteiger partial charge >= 0.3 is 6.03 Å². The molecule has 7 heteroatoms. The molecule has 0 unspecified atom stereocenters. The Balaban J connectivity index is 1.35. The second kappa shape index (κ2) is 8.82. The van der Waals surface area contributed by atoms with Gasteiger partial charge in [-0.25, -0.2) is 4.79 Å². The lowest BCUT2D eigenvalue weighted by atomic mass is 10.1. The fourth-order valence-electron chi connectivity index (χ4n) is 4.23. The first-order valence-corrected chi connectivity index (χ1v) is 10.5. The summed E-state index contributed by atoms with van der Waals surface area (Å²) in [6, 6.07) is 8.07. The van der Waals surface area contributed by atoms with E-state index in [4.69, 9.17) is 4.74 Å². The fourth-order valence-corrected chi connectivity index (χ4v) is 4.23. The molecule has 28 heavy (non-hydrogen) atoms.